The molecular formula is C14H18O6. The van der Waals surface area contributed by atoms with Crippen LogP contribution < -0.4 is 9.47 Å². The minimum absolute atomic E-state index is 0.0350. The van der Waals surface area contributed by atoms with Crippen molar-refractivity contribution in [3.05, 3.63) is 23.8 Å². The van der Waals surface area contributed by atoms with Crippen molar-refractivity contribution >= 4 is 11.9 Å². The highest BCUT2D eigenvalue weighted by Gasteiger charge is 2.14. The van der Waals surface area contributed by atoms with Crippen molar-refractivity contribution in [1.82, 2.24) is 0 Å². The Hall–Kier alpha value is -2.24. The summed E-state index contributed by atoms with van der Waals surface area (Å²) in [7, 11) is 1.46. The zero-order valence-electron chi connectivity index (χ0n) is 11.5. The van der Waals surface area contributed by atoms with E-state index in [0.29, 0.717) is 12.4 Å². The third kappa shape index (κ3) is 4.79. The zero-order chi connectivity index (χ0) is 15.0. The Morgan fingerprint density at radius 1 is 1.30 bits per heavy atom. The van der Waals surface area contributed by atoms with Gasteiger partial charge in [-0.1, -0.05) is 13.3 Å². The Morgan fingerprint density at radius 2 is 2.05 bits per heavy atom. The molecule has 1 aromatic carbocycles. The maximum Gasteiger partial charge on any atom is 0.344 e. The van der Waals surface area contributed by atoms with Crippen LogP contribution in [0, 0.1) is 0 Å². The number of carbonyl (C=O) groups excluding carboxylic acids is 1. The molecule has 0 aromatic heterocycles. The van der Waals surface area contributed by atoms with Crippen molar-refractivity contribution in [2.75, 3.05) is 20.3 Å². The molecule has 0 saturated heterocycles. The van der Waals surface area contributed by atoms with Gasteiger partial charge in [-0.3, -0.25) is 0 Å². The van der Waals surface area contributed by atoms with Crippen molar-refractivity contribution in [3.63, 3.8) is 0 Å². The molecule has 0 bridgehead atoms. The van der Waals surface area contributed by atoms with Crippen molar-refractivity contribution in [1.29, 1.82) is 0 Å². The molecule has 0 heterocycles. The standard InChI is InChI=1S/C14H18O6/c1-3-4-7-19-13(15)9-20-12-8-10(18-2)5-6-11(12)14(16)17/h5-6,8H,3-4,7,9H2,1-2H3,(H,16,17). The van der Waals surface area contributed by atoms with Crippen LogP contribution in [-0.4, -0.2) is 37.4 Å². The lowest BCUT2D eigenvalue weighted by Gasteiger charge is -2.10. The van der Waals surface area contributed by atoms with Gasteiger partial charge in [0.05, 0.1) is 13.7 Å². The predicted octanol–water partition coefficient (Wildman–Crippen LogP) is 2.12. The van der Waals surface area contributed by atoms with Gasteiger partial charge in [0, 0.05) is 6.07 Å². The summed E-state index contributed by atoms with van der Waals surface area (Å²) in [4.78, 5) is 22.4. The first-order valence-electron chi connectivity index (χ1n) is 6.28. The third-order valence-electron chi connectivity index (χ3n) is 2.53. The number of hydrogen-bond acceptors (Lipinski definition) is 5. The molecule has 0 aliphatic rings. The Kier molecular flexibility index (Phi) is 6.36. The SMILES string of the molecule is CCCCOC(=O)COc1cc(OC)ccc1C(=O)O. The molecule has 0 atom stereocenters. The summed E-state index contributed by atoms with van der Waals surface area (Å²) in [5, 5.41) is 9.03. The van der Waals surface area contributed by atoms with Gasteiger partial charge in [-0.05, 0) is 18.6 Å². The summed E-state index contributed by atoms with van der Waals surface area (Å²) < 4.78 is 15.1. The monoisotopic (exact) mass is 282 g/mol. The van der Waals surface area contributed by atoms with Gasteiger partial charge < -0.3 is 19.3 Å². The summed E-state index contributed by atoms with van der Waals surface area (Å²) in [6.07, 6.45) is 1.71. The van der Waals surface area contributed by atoms with E-state index in [1.54, 1.807) is 0 Å². The second-order valence-electron chi connectivity index (χ2n) is 4.03. The van der Waals surface area contributed by atoms with Crippen molar-refractivity contribution < 1.29 is 28.9 Å². The summed E-state index contributed by atoms with van der Waals surface area (Å²) in [6.45, 7) is 1.99. The first kappa shape index (κ1) is 15.8. The Balaban J connectivity index is 2.65. The quantitative estimate of drug-likeness (QED) is 0.581. The van der Waals surface area contributed by atoms with Crippen molar-refractivity contribution in [3.8, 4) is 11.5 Å². The molecule has 0 spiro atoms. The van der Waals surface area contributed by atoms with Gasteiger partial charge in [-0.25, -0.2) is 9.59 Å². The number of ether oxygens (including phenoxy) is 3. The lowest BCUT2D eigenvalue weighted by molar-refractivity contribution is -0.146. The number of hydrogen-bond donors (Lipinski definition) is 1. The van der Waals surface area contributed by atoms with Gasteiger partial charge in [0.25, 0.3) is 0 Å². The summed E-state index contributed by atoms with van der Waals surface area (Å²) in [5.74, 6) is -1.15. The summed E-state index contributed by atoms with van der Waals surface area (Å²) in [6, 6.07) is 4.29. The van der Waals surface area contributed by atoms with Crippen LogP contribution in [0.1, 0.15) is 30.1 Å². The van der Waals surface area contributed by atoms with Gasteiger partial charge in [0.2, 0.25) is 0 Å². The van der Waals surface area contributed by atoms with E-state index in [1.807, 2.05) is 6.92 Å². The van der Waals surface area contributed by atoms with Gasteiger partial charge in [0.1, 0.15) is 17.1 Å². The first-order valence-corrected chi connectivity index (χ1v) is 6.28. The van der Waals surface area contributed by atoms with E-state index in [0.717, 1.165) is 12.8 Å². The Labute approximate surface area is 117 Å². The molecule has 0 aliphatic carbocycles. The molecule has 20 heavy (non-hydrogen) atoms. The molecule has 0 fully saturated rings. The number of rotatable bonds is 8. The van der Waals surface area contributed by atoms with E-state index in [1.165, 1.54) is 25.3 Å². The normalized spacial score (nSPS) is 9.90. The highest BCUT2D eigenvalue weighted by Crippen LogP contribution is 2.24. The second kappa shape index (κ2) is 8.04. The molecule has 110 valence electrons. The maximum absolute atomic E-state index is 11.4. The van der Waals surface area contributed by atoms with Crippen molar-refractivity contribution in [2.24, 2.45) is 0 Å². The van der Waals surface area contributed by atoms with Crippen LogP contribution in [-0.2, 0) is 9.53 Å². The molecule has 6 heteroatoms. The molecule has 1 N–H and O–H groups in total. The molecule has 0 saturated carbocycles. The van der Waals surface area contributed by atoms with Crippen LogP contribution in [0.3, 0.4) is 0 Å². The minimum Gasteiger partial charge on any atom is -0.497 e. The second-order valence-corrected chi connectivity index (χ2v) is 4.03. The van der Waals surface area contributed by atoms with Crippen LogP contribution in [0.5, 0.6) is 11.5 Å². The lowest BCUT2D eigenvalue weighted by Crippen LogP contribution is -2.16. The van der Waals surface area contributed by atoms with E-state index in [9.17, 15) is 9.59 Å². The fraction of sp³-hybridized carbons (Fsp3) is 0.429. The lowest BCUT2D eigenvalue weighted by atomic mass is 10.2. The fourth-order valence-electron chi connectivity index (χ4n) is 1.43. The van der Waals surface area contributed by atoms with E-state index >= 15 is 0 Å². The molecule has 0 radical (unpaired) electrons. The largest absolute Gasteiger partial charge is 0.497 e. The maximum atomic E-state index is 11.4. The first-order chi connectivity index (χ1) is 9.58. The van der Waals surface area contributed by atoms with Crippen LogP contribution in [0.25, 0.3) is 0 Å². The Bertz CT molecular complexity index is 469. The fourth-order valence-corrected chi connectivity index (χ4v) is 1.43. The third-order valence-corrected chi connectivity index (χ3v) is 2.53. The molecular weight excluding hydrogens is 264 g/mol. The molecule has 1 rings (SSSR count). The van der Waals surface area contributed by atoms with E-state index < -0.39 is 11.9 Å². The molecule has 6 nitrogen and oxygen atoms in total. The van der Waals surface area contributed by atoms with Gasteiger partial charge in [-0.2, -0.15) is 0 Å². The van der Waals surface area contributed by atoms with Crippen LogP contribution in [0.15, 0.2) is 18.2 Å². The number of esters is 1. The summed E-state index contributed by atoms with van der Waals surface area (Å²) in [5.41, 5.74) is -0.0350. The Morgan fingerprint density at radius 3 is 2.65 bits per heavy atom. The van der Waals surface area contributed by atoms with Crippen molar-refractivity contribution in [2.45, 2.75) is 19.8 Å². The highest BCUT2D eigenvalue weighted by atomic mass is 16.6. The van der Waals surface area contributed by atoms with Crippen LogP contribution in [0.4, 0.5) is 0 Å². The van der Waals surface area contributed by atoms with E-state index in [4.69, 9.17) is 19.3 Å². The zero-order valence-corrected chi connectivity index (χ0v) is 11.5. The molecule has 0 unspecified atom stereocenters. The topological polar surface area (TPSA) is 82.1 Å². The number of carboxylic acids is 1. The minimum atomic E-state index is -1.14. The van der Waals surface area contributed by atoms with Crippen LogP contribution in [0.2, 0.25) is 0 Å². The van der Waals surface area contributed by atoms with Crippen LogP contribution >= 0.6 is 0 Å². The van der Waals surface area contributed by atoms with Gasteiger partial charge in [0.15, 0.2) is 6.61 Å². The predicted molar refractivity (Wildman–Crippen MR) is 71.3 cm³/mol. The number of carbonyl (C=O) groups is 2. The number of methoxy groups -OCH3 is 1. The summed E-state index contributed by atoms with van der Waals surface area (Å²) >= 11 is 0. The number of carboxylic acid groups (broad SMARTS) is 1. The average molecular weight is 282 g/mol. The molecule has 0 aliphatic heterocycles. The smallest absolute Gasteiger partial charge is 0.344 e. The average Bonchev–Trinajstić information content (AvgIpc) is 2.44. The molecule has 1 aromatic rings. The van der Waals surface area contributed by atoms with Gasteiger partial charge in [-0.15, -0.1) is 0 Å². The molecule has 0 amide bonds. The van der Waals surface area contributed by atoms with E-state index in [-0.39, 0.29) is 17.9 Å². The highest BCUT2D eigenvalue weighted by molar-refractivity contribution is 5.91. The number of unbranched alkanes of at least 4 members (excludes halogenated alkanes) is 1. The van der Waals surface area contributed by atoms with E-state index in [2.05, 4.69) is 0 Å². The number of aromatic carboxylic acids is 1. The van der Waals surface area contributed by atoms with Gasteiger partial charge >= 0.3 is 11.9 Å². The number of benzene rings is 1.